The Balaban J connectivity index is 1.31. The normalized spacial score (nSPS) is 45.2. The van der Waals surface area contributed by atoms with E-state index in [0.29, 0.717) is 47.8 Å². The first kappa shape index (κ1) is 26.5. The third kappa shape index (κ3) is 4.63. The lowest BCUT2D eigenvalue weighted by Crippen LogP contribution is -2.59. The number of amides is 1. The van der Waals surface area contributed by atoms with Gasteiger partial charge in [-0.25, -0.2) is 0 Å². The fourth-order valence-corrected chi connectivity index (χ4v) is 10.1. The molecule has 0 spiro atoms. The topological polar surface area (TPSA) is 78.9 Å². The smallest absolute Gasteiger partial charge is 0.302 e. The van der Waals surface area contributed by atoms with E-state index in [-0.39, 0.29) is 29.0 Å². The molecule has 4 aliphatic carbocycles. The van der Waals surface area contributed by atoms with Crippen LogP contribution in [0.5, 0.6) is 0 Å². The summed E-state index contributed by atoms with van der Waals surface area (Å²) in [6.07, 6.45) is 10.1. The van der Waals surface area contributed by atoms with Crippen LogP contribution in [0.4, 0.5) is 0 Å². The van der Waals surface area contributed by atoms with Crippen molar-refractivity contribution in [2.24, 2.45) is 46.3 Å². The molecule has 5 unspecified atom stereocenters. The lowest BCUT2D eigenvalue weighted by Gasteiger charge is -2.62. The summed E-state index contributed by atoms with van der Waals surface area (Å²) < 4.78 is 6.11. The zero-order chi connectivity index (χ0) is 25.7. The summed E-state index contributed by atoms with van der Waals surface area (Å²) in [7, 11) is 0. The zero-order valence-corrected chi connectivity index (χ0v) is 23.1. The Hall–Kier alpha value is -1.14. The van der Waals surface area contributed by atoms with E-state index < -0.39 is 0 Å². The van der Waals surface area contributed by atoms with Crippen LogP contribution in [0, 0.1) is 46.3 Å². The van der Waals surface area contributed by atoms with Gasteiger partial charge in [0.1, 0.15) is 6.10 Å². The average Bonchev–Trinajstić information content (AvgIpc) is 3.20. The highest BCUT2D eigenvalue weighted by Gasteiger charge is 2.63. The van der Waals surface area contributed by atoms with Gasteiger partial charge in [-0.1, -0.05) is 20.8 Å². The minimum absolute atomic E-state index is 0.0103. The van der Waals surface area contributed by atoms with Crippen molar-refractivity contribution < 1.29 is 19.4 Å². The Bertz CT molecular complexity index is 828. The number of aliphatic hydroxyl groups is 1. The molecular weight excluding hydrogens is 452 g/mol. The molecule has 1 heterocycles. The monoisotopic (exact) mass is 502 g/mol. The fraction of sp³-hybridized carbons (Fsp3) is 0.933. The van der Waals surface area contributed by atoms with Crippen LogP contribution >= 0.6 is 0 Å². The summed E-state index contributed by atoms with van der Waals surface area (Å²) in [6.45, 7) is 12.5. The first-order valence-electron chi connectivity index (χ1n) is 15.0. The van der Waals surface area contributed by atoms with Crippen molar-refractivity contribution >= 4 is 11.9 Å². The molecule has 1 aliphatic heterocycles. The molecule has 204 valence electrons. The van der Waals surface area contributed by atoms with Gasteiger partial charge in [-0.15, -0.1) is 0 Å². The predicted molar refractivity (Wildman–Crippen MR) is 140 cm³/mol. The second-order valence-electron chi connectivity index (χ2n) is 13.7. The lowest BCUT2D eigenvalue weighted by molar-refractivity contribution is -0.194. The maximum atomic E-state index is 12.8. The van der Waals surface area contributed by atoms with E-state index in [9.17, 15) is 14.7 Å². The molecule has 5 fully saturated rings. The van der Waals surface area contributed by atoms with E-state index in [2.05, 4.69) is 26.1 Å². The Morgan fingerprint density at radius 1 is 1.03 bits per heavy atom. The van der Waals surface area contributed by atoms with E-state index >= 15 is 0 Å². The lowest BCUT2D eigenvalue weighted by atomic mass is 9.43. The number of fused-ring (bicyclic) bond motifs is 5. The van der Waals surface area contributed by atoms with Crippen LogP contribution in [-0.4, -0.2) is 60.3 Å². The number of nitrogens with one attached hydrogen (secondary N) is 1. The first-order chi connectivity index (χ1) is 17.1. The molecular formula is C30H50N2O4. The standard InChI is InChI=1S/C30H50N2O4/c1-19(5-8-27(35)32-15-13-31-14-16-32)23-6-7-24-28-25(10-12-30(23,24)4)29(3)11-9-22(34)17-21(29)18-26(28)36-20(2)33/h19,21-26,28,31,34H,5-18H2,1-4H3/t19-,21?,22-,23?,24?,25?,26+,28?,29+,30-/m1/s1. The predicted octanol–water partition coefficient (Wildman–Crippen LogP) is 4.40. The molecule has 2 N–H and O–H groups in total. The number of rotatable bonds is 5. The number of hydrogen-bond acceptors (Lipinski definition) is 5. The van der Waals surface area contributed by atoms with Gasteiger partial charge >= 0.3 is 5.97 Å². The number of piperazine rings is 1. The van der Waals surface area contributed by atoms with Crippen LogP contribution in [0.3, 0.4) is 0 Å². The van der Waals surface area contributed by atoms with Gasteiger partial charge in [0.25, 0.3) is 0 Å². The van der Waals surface area contributed by atoms with Crippen molar-refractivity contribution in [3.05, 3.63) is 0 Å². The molecule has 0 aromatic carbocycles. The second-order valence-corrected chi connectivity index (χ2v) is 13.7. The van der Waals surface area contributed by atoms with Crippen LogP contribution < -0.4 is 5.32 Å². The highest BCUT2D eigenvalue weighted by Crippen LogP contribution is 2.68. The molecule has 1 saturated heterocycles. The zero-order valence-electron chi connectivity index (χ0n) is 23.1. The number of aliphatic hydroxyl groups excluding tert-OH is 1. The number of carbonyl (C=O) groups excluding carboxylic acids is 2. The van der Waals surface area contributed by atoms with Gasteiger partial charge in [-0.2, -0.15) is 0 Å². The third-order valence-corrected chi connectivity index (χ3v) is 12.0. The van der Waals surface area contributed by atoms with Gasteiger partial charge in [0, 0.05) is 45.4 Å². The highest BCUT2D eigenvalue weighted by molar-refractivity contribution is 5.76. The van der Waals surface area contributed by atoms with Crippen molar-refractivity contribution in [1.29, 1.82) is 0 Å². The number of carbonyl (C=O) groups is 2. The van der Waals surface area contributed by atoms with Crippen LogP contribution in [0.15, 0.2) is 0 Å². The van der Waals surface area contributed by atoms with E-state index in [1.54, 1.807) is 6.92 Å². The third-order valence-electron chi connectivity index (χ3n) is 12.0. The molecule has 6 heteroatoms. The molecule has 5 aliphatic rings. The summed E-state index contributed by atoms with van der Waals surface area (Å²) in [6, 6.07) is 0. The van der Waals surface area contributed by atoms with Crippen molar-refractivity contribution in [3.63, 3.8) is 0 Å². The number of esters is 1. The van der Waals surface area contributed by atoms with Gasteiger partial charge in [-0.3, -0.25) is 9.59 Å². The van der Waals surface area contributed by atoms with Crippen molar-refractivity contribution in [3.8, 4) is 0 Å². The van der Waals surface area contributed by atoms with E-state index in [0.717, 1.165) is 58.3 Å². The van der Waals surface area contributed by atoms with E-state index in [4.69, 9.17) is 4.74 Å². The molecule has 5 rings (SSSR count). The number of ether oxygens (including phenoxy) is 1. The molecule has 10 atom stereocenters. The average molecular weight is 503 g/mol. The molecule has 0 bridgehead atoms. The Kier molecular flexibility index (Phi) is 7.50. The quantitative estimate of drug-likeness (QED) is 0.545. The first-order valence-corrected chi connectivity index (χ1v) is 15.0. The van der Waals surface area contributed by atoms with E-state index in [1.165, 1.54) is 25.7 Å². The van der Waals surface area contributed by atoms with Crippen LogP contribution in [0.1, 0.15) is 91.9 Å². The molecule has 1 amide bonds. The maximum Gasteiger partial charge on any atom is 0.302 e. The molecule has 36 heavy (non-hydrogen) atoms. The van der Waals surface area contributed by atoms with Crippen LogP contribution in [0.2, 0.25) is 0 Å². The van der Waals surface area contributed by atoms with Gasteiger partial charge in [-0.05, 0) is 98.2 Å². The van der Waals surface area contributed by atoms with E-state index in [1.807, 2.05) is 4.90 Å². The molecule has 0 aromatic heterocycles. The second kappa shape index (κ2) is 10.2. The van der Waals surface area contributed by atoms with Crippen LogP contribution in [-0.2, 0) is 14.3 Å². The number of hydrogen-bond donors (Lipinski definition) is 2. The minimum atomic E-state index is -0.202. The molecule has 4 saturated carbocycles. The number of nitrogens with zero attached hydrogens (tertiary/aromatic N) is 1. The maximum absolute atomic E-state index is 12.8. The van der Waals surface area contributed by atoms with Crippen LogP contribution in [0.25, 0.3) is 0 Å². The minimum Gasteiger partial charge on any atom is -0.462 e. The summed E-state index contributed by atoms with van der Waals surface area (Å²) >= 11 is 0. The van der Waals surface area contributed by atoms with Gasteiger partial charge in [0.2, 0.25) is 5.91 Å². The Labute approximate surface area is 218 Å². The summed E-state index contributed by atoms with van der Waals surface area (Å²) in [5.41, 5.74) is 0.510. The largest absolute Gasteiger partial charge is 0.462 e. The molecule has 6 nitrogen and oxygen atoms in total. The van der Waals surface area contributed by atoms with Gasteiger partial charge in [0.05, 0.1) is 6.10 Å². The molecule has 0 radical (unpaired) electrons. The summed E-state index contributed by atoms with van der Waals surface area (Å²) in [5, 5.41) is 13.8. The summed E-state index contributed by atoms with van der Waals surface area (Å²) in [4.78, 5) is 27.1. The van der Waals surface area contributed by atoms with Gasteiger partial charge < -0.3 is 20.1 Å². The van der Waals surface area contributed by atoms with Gasteiger partial charge in [0.15, 0.2) is 0 Å². The van der Waals surface area contributed by atoms with Crippen molar-refractivity contribution in [2.75, 3.05) is 26.2 Å². The summed E-state index contributed by atoms with van der Waals surface area (Å²) in [5.74, 6) is 3.39. The SMILES string of the molecule is CC(=O)O[C@H]1CC2C[C@H](O)CC[C@]2(C)C2CC[C@@]3(C)C(CCC3[C@H](C)CCC(=O)N3CCNCC3)C21. The van der Waals surface area contributed by atoms with Crippen molar-refractivity contribution in [1.82, 2.24) is 10.2 Å². The fourth-order valence-electron chi connectivity index (χ4n) is 10.1. The molecule has 0 aromatic rings. The highest BCUT2D eigenvalue weighted by atomic mass is 16.5. The Morgan fingerprint density at radius 2 is 1.72 bits per heavy atom. The Morgan fingerprint density at radius 3 is 2.44 bits per heavy atom. The van der Waals surface area contributed by atoms with Crippen molar-refractivity contribution in [2.45, 2.75) is 104 Å².